The molecule has 0 saturated carbocycles. The van der Waals surface area contributed by atoms with Crippen molar-refractivity contribution >= 4 is 39.5 Å². The molecule has 0 aliphatic heterocycles. The number of unbranched alkanes of at least 4 members (excludes halogenated alkanes) is 33. The average molecular weight is 1420 g/mol. The van der Waals surface area contributed by atoms with Crippen molar-refractivity contribution < 1.29 is 80.2 Å². The Labute approximate surface area is 595 Å². The van der Waals surface area contributed by atoms with E-state index in [0.29, 0.717) is 32.1 Å². The van der Waals surface area contributed by atoms with Gasteiger partial charge in [-0.05, 0) is 141 Å². The van der Waals surface area contributed by atoms with Crippen LogP contribution in [-0.2, 0) is 65.4 Å². The predicted molar refractivity (Wildman–Crippen MR) is 399 cm³/mol. The highest BCUT2D eigenvalue weighted by Gasteiger charge is 2.30. The first kappa shape index (κ1) is 94.2. The fourth-order valence-corrected chi connectivity index (χ4v) is 11.9. The number of carbonyl (C=O) groups excluding carboxylic acids is 4. The van der Waals surface area contributed by atoms with Crippen LogP contribution in [-0.4, -0.2) is 96.7 Å². The van der Waals surface area contributed by atoms with Crippen LogP contribution >= 0.6 is 15.6 Å². The van der Waals surface area contributed by atoms with Crippen molar-refractivity contribution in [3.05, 3.63) is 85.1 Å². The monoisotopic (exact) mass is 1420 g/mol. The number of phosphoric ester groups is 2. The Balaban J connectivity index is 5.39. The maximum Gasteiger partial charge on any atom is 0.472 e. The van der Waals surface area contributed by atoms with Crippen molar-refractivity contribution in [2.45, 2.75) is 354 Å². The van der Waals surface area contributed by atoms with Crippen molar-refractivity contribution in [2.75, 3.05) is 39.6 Å². The summed E-state index contributed by atoms with van der Waals surface area (Å²) in [5.41, 5.74) is 0. The van der Waals surface area contributed by atoms with Gasteiger partial charge in [0.15, 0.2) is 12.2 Å². The fraction of sp³-hybridized carbons (Fsp3) is 0.772. The highest BCUT2D eigenvalue weighted by atomic mass is 31.2. The van der Waals surface area contributed by atoms with Crippen molar-refractivity contribution in [2.24, 2.45) is 0 Å². The summed E-state index contributed by atoms with van der Waals surface area (Å²) in [7, 11) is -9.96. The quantitative estimate of drug-likeness (QED) is 0.0169. The van der Waals surface area contributed by atoms with Gasteiger partial charge in [0.25, 0.3) is 0 Å². The number of carbonyl (C=O) groups is 4. The third kappa shape index (κ3) is 70.7. The molecule has 0 aromatic heterocycles. The molecule has 98 heavy (non-hydrogen) atoms. The number of hydrogen-bond donors (Lipinski definition) is 3. The smallest absolute Gasteiger partial charge is 0.462 e. The number of ether oxygens (including phenoxy) is 4. The van der Waals surface area contributed by atoms with E-state index in [1.165, 1.54) is 109 Å². The van der Waals surface area contributed by atoms with Crippen LogP contribution in [0.25, 0.3) is 0 Å². The molecular weight excluding hydrogens is 1280 g/mol. The predicted octanol–water partition coefficient (Wildman–Crippen LogP) is 22.2. The van der Waals surface area contributed by atoms with Gasteiger partial charge >= 0.3 is 39.5 Å². The molecule has 0 aliphatic carbocycles. The van der Waals surface area contributed by atoms with E-state index < -0.39 is 97.5 Å². The van der Waals surface area contributed by atoms with Crippen LogP contribution in [0.15, 0.2) is 85.1 Å². The first-order chi connectivity index (χ1) is 47.7. The van der Waals surface area contributed by atoms with E-state index in [-0.39, 0.29) is 25.7 Å². The molecule has 0 aliphatic rings. The first-order valence-corrected chi connectivity index (χ1v) is 41.8. The topological polar surface area (TPSA) is 237 Å². The molecule has 19 heteroatoms. The van der Waals surface area contributed by atoms with E-state index in [1.54, 1.807) is 0 Å². The van der Waals surface area contributed by atoms with Gasteiger partial charge in [-0.2, -0.15) is 0 Å². The van der Waals surface area contributed by atoms with Gasteiger partial charge in [0.05, 0.1) is 26.4 Å². The van der Waals surface area contributed by atoms with E-state index in [9.17, 15) is 43.2 Å². The van der Waals surface area contributed by atoms with Crippen molar-refractivity contribution in [1.82, 2.24) is 0 Å². The summed E-state index contributed by atoms with van der Waals surface area (Å²) in [4.78, 5) is 72.8. The maximum atomic E-state index is 13.1. The molecule has 2 unspecified atom stereocenters. The second-order valence-corrected chi connectivity index (χ2v) is 28.8. The Morgan fingerprint density at radius 3 is 0.847 bits per heavy atom. The largest absolute Gasteiger partial charge is 0.472 e. The van der Waals surface area contributed by atoms with E-state index in [4.69, 9.17) is 37.0 Å². The molecular formula is C79H140O17P2. The lowest BCUT2D eigenvalue weighted by Gasteiger charge is -2.21. The molecule has 0 bridgehead atoms. The third-order valence-corrected chi connectivity index (χ3v) is 18.2. The van der Waals surface area contributed by atoms with Crippen molar-refractivity contribution in [3.8, 4) is 0 Å². The zero-order valence-corrected chi connectivity index (χ0v) is 63.7. The zero-order valence-electron chi connectivity index (χ0n) is 62.0. The zero-order chi connectivity index (χ0) is 71.8. The minimum Gasteiger partial charge on any atom is -0.462 e. The third-order valence-electron chi connectivity index (χ3n) is 16.3. The number of allylic oxidation sites excluding steroid dienone is 14. The highest BCUT2D eigenvalue weighted by Crippen LogP contribution is 2.45. The Kier molecular flexibility index (Phi) is 68.9. The fourth-order valence-electron chi connectivity index (χ4n) is 10.3. The molecule has 0 aromatic rings. The van der Waals surface area contributed by atoms with Gasteiger partial charge in [-0.25, -0.2) is 9.13 Å². The van der Waals surface area contributed by atoms with Gasteiger partial charge in [-0.1, -0.05) is 254 Å². The first-order valence-electron chi connectivity index (χ1n) is 38.8. The van der Waals surface area contributed by atoms with Crippen LogP contribution in [0.5, 0.6) is 0 Å². The number of hydrogen-bond acceptors (Lipinski definition) is 15. The number of esters is 4. The average Bonchev–Trinajstić information content (AvgIpc) is 0.962. The summed E-state index contributed by atoms with van der Waals surface area (Å²) >= 11 is 0. The van der Waals surface area contributed by atoms with E-state index >= 15 is 0 Å². The molecule has 0 aromatic carbocycles. The molecule has 568 valence electrons. The molecule has 0 amide bonds. The maximum absolute atomic E-state index is 13.1. The second kappa shape index (κ2) is 71.6. The summed E-state index contributed by atoms with van der Waals surface area (Å²) in [6.45, 7) is 4.75. The van der Waals surface area contributed by atoms with Gasteiger partial charge in [-0.3, -0.25) is 37.3 Å². The van der Waals surface area contributed by atoms with Crippen molar-refractivity contribution in [1.29, 1.82) is 0 Å². The lowest BCUT2D eigenvalue weighted by Crippen LogP contribution is -2.30. The lowest BCUT2D eigenvalue weighted by molar-refractivity contribution is -0.161. The Hall–Kier alpha value is -3.76. The van der Waals surface area contributed by atoms with E-state index in [2.05, 4.69) is 101 Å². The Morgan fingerprint density at radius 2 is 0.510 bits per heavy atom. The van der Waals surface area contributed by atoms with Gasteiger partial charge in [0.1, 0.15) is 19.3 Å². The minimum atomic E-state index is -4.98. The molecule has 3 N–H and O–H groups in total. The summed E-state index contributed by atoms with van der Waals surface area (Å²) in [5, 5.41) is 10.6. The molecule has 17 nitrogen and oxygen atoms in total. The Morgan fingerprint density at radius 1 is 0.286 bits per heavy atom. The van der Waals surface area contributed by atoms with Crippen LogP contribution in [0.2, 0.25) is 0 Å². The van der Waals surface area contributed by atoms with Gasteiger partial charge in [0.2, 0.25) is 0 Å². The lowest BCUT2D eigenvalue weighted by atomic mass is 10.1. The van der Waals surface area contributed by atoms with Gasteiger partial charge in [0, 0.05) is 25.7 Å². The van der Waals surface area contributed by atoms with Crippen LogP contribution in [0.3, 0.4) is 0 Å². The van der Waals surface area contributed by atoms with Gasteiger partial charge in [-0.15, -0.1) is 0 Å². The molecule has 0 saturated heterocycles. The number of aliphatic hydroxyl groups excluding tert-OH is 1. The number of rotatable bonds is 73. The SMILES string of the molecule is CCCCC/C=C\C/C=C\C/C=C\C/C=C\CCCC(=O)OC[C@H](COP(=O)(O)OC[C@H](O)COP(=O)(O)OC[C@@H](COC(=O)CCCCCCC/C=C\CCCCCC)OC(=O)CCCCCCC/C=C\CCCCCCCC)OC(=O)CCCCCCC/C=C\CCCCCC. The molecule has 0 radical (unpaired) electrons. The van der Waals surface area contributed by atoms with E-state index in [1.807, 2.05) is 12.2 Å². The normalized spacial score (nSPS) is 14.4. The molecule has 5 atom stereocenters. The molecule has 0 spiro atoms. The molecule has 0 fully saturated rings. The second-order valence-electron chi connectivity index (χ2n) is 25.9. The molecule has 0 rings (SSSR count). The standard InChI is InChI=1S/C79H140O17P2/c1-5-9-13-17-21-25-29-33-35-36-38-41-44-48-52-56-60-64-77(82)90-70-74(95-78(83)65-61-57-53-49-45-40-32-28-24-20-16-12-8-4)71-93-97(85,86)91-67-73(80)68-92-98(87,88)94-72-75(69-89-76(81)63-59-55-51-47-43-39-31-27-23-19-15-11-7-3)96-79(84)66-62-58-54-50-46-42-37-34-30-26-22-18-14-10-6-2/h21,25,27-28,31-35,37-38,41,48,52,73-75,80H,5-20,22-24,26,29-30,36,39-40,42-47,49-51,53-72H2,1-4H3,(H,85,86)(H,87,88)/b25-21-,31-27-,32-28-,35-33-,37-34-,41-38-,52-48-/t73-,74+,75+/m0/s1. The number of aliphatic hydroxyl groups is 1. The summed E-state index contributed by atoms with van der Waals surface area (Å²) < 4.78 is 68.4. The number of phosphoric acid groups is 2. The highest BCUT2D eigenvalue weighted by molar-refractivity contribution is 7.47. The van der Waals surface area contributed by atoms with Crippen LogP contribution in [0.1, 0.15) is 336 Å². The Bertz CT molecular complexity index is 2190. The van der Waals surface area contributed by atoms with E-state index in [0.717, 1.165) is 141 Å². The summed E-state index contributed by atoms with van der Waals surface area (Å²) in [6, 6.07) is 0. The van der Waals surface area contributed by atoms with Crippen LogP contribution in [0, 0.1) is 0 Å². The van der Waals surface area contributed by atoms with Crippen molar-refractivity contribution in [3.63, 3.8) is 0 Å². The molecule has 0 heterocycles. The minimum absolute atomic E-state index is 0.0741. The summed E-state index contributed by atoms with van der Waals surface area (Å²) in [5.74, 6) is -2.25. The van der Waals surface area contributed by atoms with Crippen LogP contribution in [0.4, 0.5) is 0 Å². The summed E-state index contributed by atoms with van der Waals surface area (Å²) in [6.07, 6.45) is 72.9. The van der Waals surface area contributed by atoms with Gasteiger partial charge < -0.3 is 33.8 Å². The van der Waals surface area contributed by atoms with Crippen LogP contribution < -0.4 is 0 Å².